The van der Waals surface area contributed by atoms with Crippen LogP contribution in [0.15, 0.2) is 23.3 Å². The van der Waals surface area contributed by atoms with Crippen molar-refractivity contribution in [2.24, 2.45) is 5.41 Å². The van der Waals surface area contributed by atoms with E-state index in [4.69, 9.17) is 0 Å². The van der Waals surface area contributed by atoms with Crippen molar-refractivity contribution in [3.8, 4) is 0 Å². The first-order valence-corrected chi connectivity index (χ1v) is 4.18. The molecule has 0 heterocycles. The minimum Gasteiger partial charge on any atom is -0.289 e. The second kappa shape index (κ2) is 2.97. The van der Waals surface area contributed by atoms with Crippen LogP contribution in [0.4, 0.5) is 13.2 Å². The van der Waals surface area contributed by atoms with Crippen molar-refractivity contribution in [1.82, 2.24) is 0 Å². The first kappa shape index (κ1) is 11.0. The molecule has 0 aromatic rings. The Morgan fingerprint density at radius 3 is 1.79 bits per heavy atom. The standard InChI is InChI=1S/C10H11F3O/c1-6-4-9(3,10(11,12)13)5-7(2)8(6)14/h4-5H,1-3H3. The fraction of sp³-hybridized carbons (Fsp3) is 0.500. The van der Waals surface area contributed by atoms with Crippen LogP contribution in [0.1, 0.15) is 20.8 Å². The number of rotatable bonds is 0. The van der Waals surface area contributed by atoms with Crippen molar-refractivity contribution in [1.29, 1.82) is 0 Å². The quantitative estimate of drug-likeness (QED) is 0.592. The number of allylic oxidation sites excluding steroid dienone is 4. The van der Waals surface area contributed by atoms with E-state index in [2.05, 4.69) is 0 Å². The highest BCUT2D eigenvalue weighted by molar-refractivity contribution is 6.08. The van der Waals surface area contributed by atoms with E-state index in [0.717, 1.165) is 19.1 Å². The van der Waals surface area contributed by atoms with E-state index in [1.54, 1.807) is 0 Å². The first-order valence-electron chi connectivity index (χ1n) is 4.18. The lowest BCUT2D eigenvalue weighted by molar-refractivity contribution is -0.184. The van der Waals surface area contributed by atoms with E-state index in [9.17, 15) is 18.0 Å². The van der Waals surface area contributed by atoms with Gasteiger partial charge in [0.25, 0.3) is 0 Å². The highest BCUT2D eigenvalue weighted by Crippen LogP contribution is 2.44. The number of hydrogen-bond acceptors (Lipinski definition) is 1. The van der Waals surface area contributed by atoms with Gasteiger partial charge in [0.15, 0.2) is 5.78 Å². The van der Waals surface area contributed by atoms with Crippen LogP contribution in [-0.2, 0) is 4.79 Å². The van der Waals surface area contributed by atoms with Gasteiger partial charge in [0.05, 0.1) is 0 Å². The van der Waals surface area contributed by atoms with Crippen molar-refractivity contribution in [3.63, 3.8) is 0 Å². The normalized spacial score (nSPS) is 21.7. The second-order valence-electron chi connectivity index (χ2n) is 3.76. The fourth-order valence-corrected chi connectivity index (χ4v) is 1.55. The molecule has 4 heteroatoms. The third-order valence-corrected chi connectivity index (χ3v) is 2.36. The van der Waals surface area contributed by atoms with Gasteiger partial charge in [-0.3, -0.25) is 4.79 Å². The Morgan fingerprint density at radius 1 is 1.14 bits per heavy atom. The van der Waals surface area contributed by atoms with Gasteiger partial charge in [-0.05, 0) is 31.9 Å². The molecule has 1 nitrogen and oxygen atoms in total. The van der Waals surface area contributed by atoms with Gasteiger partial charge in [-0.25, -0.2) is 0 Å². The van der Waals surface area contributed by atoms with Crippen LogP contribution < -0.4 is 0 Å². The topological polar surface area (TPSA) is 17.1 Å². The van der Waals surface area contributed by atoms with Crippen molar-refractivity contribution >= 4 is 5.78 Å². The smallest absolute Gasteiger partial charge is 0.289 e. The summed E-state index contributed by atoms with van der Waals surface area (Å²) in [5.41, 5.74) is -1.69. The number of ketones is 1. The lowest BCUT2D eigenvalue weighted by atomic mass is 9.80. The van der Waals surface area contributed by atoms with E-state index in [1.807, 2.05) is 0 Å². The Kier molecular flexibility index (Phi) is 2.34. The molecule has 78 valence electrons. The number of halogens is 3. The van der Waals surface area contributed by atoms with E-state index in [-0.39, 0.29) is 16.9 Å². The summed E-state index contributed by atoms with van der Waals surface area (Å²) in [6.45, 7) is 3.87. The summed E-state index contributed by atoms with van der Waals surface area (Å²) in [6, 6.07) is 0. The van der Waals surface area contributed by atoms with Crippen LogP contribution >= 0.6 is 0 Å². The zero-order valence-electron chi connectivity index (χ0n) is 8.20. The summed E-state index contributed by atoms with van der Waals surface area (Å²) in [5.74, 6) is -0.313. The molecule has 0 fully saturated rings. The maximum absolute atomic E-state index is 12.6. The van der Waals surface area contributed by atoms with Crippen LogP contribution in [0.2, 0.25) is 0 Å². The number of carbonyl (C=O) groups is 1. The molecule has 0 spiro atoms. The molecule has 1 rings (SSSR count). The largest absolute Gasteiger partial charge is 0.400 e. The third kappa shape index (κ3) is 1.61. The molecule has 0 atom stereocenters. The van der Waals surface area contributed by atoms with Crippen LogP contribution in [0.25, 0.3) is 0 Å². The summed E-state index contributed by atoms with van der Waals surface area (Å²) < 4.78 is 37.8. The zero-order chi connectivity index (χ0) is 11.1. The van der Waals surface area contributed by atoms with Gasteiger partial charge >= 0.3 is 6.18 Å². The van der Waals surface area contributed by atoms with Crippen LogP contribution in [-0.4, -0.2) is 12.0 Å². The summed E-state index contributed by atoms with van der Waals surface area (Å²) in [6.07, 6.45) is -2.40. The van der Waals surface area contributed by atoms with Gasteiger partial charge in [0, 0.05) is 0 Å². The van der Waals surface area contributed by atoms with E-state index in [1.165, 1.54) is 13.8 Å². The van der Waals surface area contributed by atoms with E-state index >= 15 is 0 Å². The number of hydrogen-bond donors (Lipinski definition) is 0. The third-order valence-electron chi connectivity index (χ3n) is 2.36. The average molecular weight is 204 g/mol. The van der Waals surface area contributed by atoms with Gasteiger partial charge in [-0.1, -0.05) is 12.2 Å². The Labute approximate surface area is 80.3 Å². The summed E-state index contributed by atoms with van der Waals surface area (Å²) in [4.78, 5) is 11.2. The molecular weight excluding hydrogens is 193 g/mol. The van der Waals surface area contributed by atoms with Crippen molar-refractivity contribution in [2.45, 2.75) is 26.9 Å². The average Bonchev–Trinajstić information content (AvgIpc) is 1.98. The summed E-state index contributed by atoms with van der Waals surface area (Å²) >= 11 is 0. The van der Waals surface area contributed by atoms with Crippen LogP contribution in [0.5, 0.6) is 0 Å². The van der Waals surface area contributed by atoms with Gasteiger partial charge in [-0.15, -0.1) is 0 Å². The maximum atomic E-state index is 12.6. The maximum Gasteiger partial charge on any atom is 0.400 e. The van der Waals surface area contributed by atoms with Gasteiger partial charge in [0.2, 0.25) is 0 Å². The summed E-state index contributed by atoms with van der Waals surface area (Å²) in [5, 5.41) is 0. The Bertz CT molecular complexity index is 312. The second-order valence-corrected chi connectivity index (χ2v) is 3.76. The van der Waals surface area contributed by atoms with Crippen molar-refractivity contribution in [3.05, 3.63) is 23.3 Å². The van der Waals surface area contributed by atoms with E-state index in [0.29, 0.717) is 0 Å². The summed E-state index contributed by atoms with van der Waals surface area (Å²) in [7, 11) is 0. The molecule has 0 aliphatic heterocycles. The molecule has 0 aromatic carbocycles. The fourth-order valence-electron chi connectivity index (χ4n) is 1.55. The van der Waals surface area contributed by atoms with Crippen LogP contribution in [0, 0.1) is 5.41 Å². The van der Waals surface area contributed by atoms with Gasteiger partial charge < -0.3 is 0 Å². The molecule has 1 aliphatic rings. The molecule has 0 bridgehead atoms. The highest BCUT2D eigenvalue weighted by Gasteiger charge is 2.49. The Morgan fingerprint density at radius 2 is 1.50 bits per heavy atom. The molecule has 0 saturated carbocycles. The number of alkyl halides is 3. The van der Waals surface area contributed by atoms with Crippen molar-refractivity contribution in [2.75, 3.05) is 0 Å². The van der Waals surface area contributed by atoms with Crippen LogP contribution in [0.3, 0.4) is 0 Å². The van der Waals surface area contributed by atoms with Gasteiger partial charge in [-0.2, -0.15) is 13.2 Å². The molecular formula is C10H11F3O. The van der Waals surface area contributed by atoms with Crippen molar-refractivity contribution < 1.29 is 18.0 Å². The lowest BCUT2D eigenvalue weighted by Crippen LogP contribution is -2.34. The monoisotopic (exact) mass is 204 g/mol. The molecule has 0 N–H and O–H groups in total. The highest BCUT2D eigenvalue weighted by atomic mass is 19.4. The SMILES string of the molecule is CC1=CC(C)(C(F)(F)F)C=C(C)C1=O. The zero-order valence-corrected chi connectivity index (χ0v) is 8.20. The first-order chi connectivity index (χ1) is 6.17. The molecule has 0 radical (unpaired) electrons. The molecule has 1 aliphatic carbocycles. The van der Waals surface area contributed by atoms with Gasteiger partial charge in [0.1, 0.15) is 5.41 Å². The predicted molar refractivity (Wildman–Crippen MR) is 46.7 cm³/mol. The van der Waals surface area contributed by atoms with E-state index < -0.39 is 11.6 Å². The number of carbonyl (C=O) groups excluding carboxylic acids is 1. The Hall–Kier alpha value is -1.06. The minimum atomic E-state index is -4.35. The molecule has 0 saturated heterocycles. The minimum absolute atomic E-state index is 0.157. The lowest BCUT2D eigenvalue weighted by Gasteiger charge is -2.29. The predicted octanol–water partition coefficient (Wildman–Crippen LogP) is 3.03. The molecule has 14 heavy (non-hydrogen) atoms. The molecule has 0 unspecified atom stereocenters. The molecule has 0 aromatic heterocycles. The number of Topliss-reactive ketones (excluding diaryl/α,β-unsaturated/α-hetero) is 1. The molecule has 0 amide bonds. The Balaban J connectivity index is 3.23.